The molecule has 1 N–H and O–H groups in total. The molecule has 20 heavy (non-hydrogen) atoms. The number of rotatable bonds is 5. The fraction of sp³-hybridized carbons (Fsp3) is 0.533. The number of nitrogens with zero attached hydrogens (tertiary/aromatic N) is 2. The number of benzene rings is 1. The molecule has 0 bridgehead atoms. The molecule has 1 aliphatic carbocycles. The number of amides is 1. The average Bonchev–Trinajstić information content (AvgIpc) is 3.21. The summed E-state index contributed by atoms with van der Waals surface area (Å²) in [5.74, 6) is 0.166. The molecule has 0 aromatic heterocycles. The van der Waals surface area contributed by atoms with Crippen LogP contribution in [0.2, 0.25) is 5.02 Å². The maximum Gasteiger partial charge on any atom is 0.238 e. The first-order valence-corrected chi connectivity index (χ1v) is 7.51. The van der Waals surface area contributed by atoms with Gasteiger partial charge in [0.1, 0.15) is 6.17 Å². The summed E-state index contributed by atoms with van der Waals surface area (Å²) in [5.41, 5.74) is 1.05. The molecule has 2 aliphatic rings. The molecule has 1 atom stereocenters. The van der Waals surface area contributed by atoms with Gasteiger partial charge in [0.25, 0.3) is 0 Å². The lowest BCUT2D eigenvalue weighted by molar-refractivity contribution is -0.128. The Balaban J connectivity index is 1.68. The Morgan fingerprint density at radius 2 is 2.25 bits per heavy atom. The molecule has 5 heteroatoms. The van der Waals surface area contributed by atoms with Gasteiger partial charge in [0.15, 0.2) is 0 Å². The van der Waals surface area contributed by atoms with Crippen LogP contribution >= 0.6 is 11.6 Å². The van der Waals surface area contributed by atoms with Crippen LogP contribution in [0.3, 0.4) is 0 Å². The largest absolute Gasteiger partial charge is 0.321 e. The van der Waals surface area contributed by atoms with E-state index in [1.165, 1.54) is 12.8 Å². The van der Waals surface area contributed by atoms with E-state index in [4.69, 9.17) is 11.6 Å². The topological polar surface area (TPSA) is 35.6 Å². The molecule has 0 radical (unpaired) electrons. The maximum absolute atomic E-state index is 12.1. The summed E-state index contributed by atoms with van der Waals surface area (Å²) in [6, 6.07) is 8.45. The Labute approximate surface area is 124 Å². The summed E-state index contributed by atoms with van der Waals surface area (Å²) in [4.78, 5) is 16.3. The highest BCUT2D eigenvalue weighted by Crippen LogP contribution is 2.27. The van der Waals surface area contributed by atoms with Crippen LogP contribution in [-0.2, 0) is 4.79 Å². The third-order valence-electron chi connectivity index (χ3n) is 4.11. The van der Waals surface area contributed by atoms with E-state index in [9.17, 15) is 4.79 Å². The Morgan fingerprint density at radius 3 is 2.95 bits per heavy atom. The smallest absolute Gasteiger partial charge is 0.238 e. The van der Waals surface area contributed by atoms with Crippen molar-refractivity contribution < 1.29 is 4.79 Å². The van der Waals surface area contributed by atoms with Crippen molar-refractivity contribution in [2.24, 2.45) is 0 Å². The highest BCUT2D eigenvalue weighted by molar-refractivity contribution is 6.30. The number of halogens is 1. The van der Waals surface area contributed by atoms with Gasteiger partial charge in [-0.2, -0.15) is 0 Å². The maximum atomic E-state index is 12.1. The van der Waals surface area contributed by atoms with Crippen LogP contribution in [0.25, 0.3) is 0 Å². The van der Waals surface area contributed by atoms with Gasteiger partial charge in [-0.3, -0.25) is 10.1 Å². The number of likely N-dealkylation sites (N-methyl/N-ethyl adjacent to an activating group) is 1. The normalized spacial score (nSPS) is 22.9. The molecule has 0 spiro atoms. The molecule has 1 heterocycles. The predicted octanol–water partition coefficient (Wildman–Crippen LogP) is 1.86. The minimum atomic E-state index is -0.0474. The molecule has 4 nitrogen and oxygen atoms in total. The average molecular weight is 294 g/mol. The molecule has 1 saturated heterocycles. The molecule has 1 aliphatic heterocycles. The quantitative estimate of drug-likeness (QED) is 0.900. The number of nitrogens with one attached hydrogen (secondary N) is 1. The minimum absolute atomic E-state index is 0.0474. The molecule has 1 aromatic rings. The van der Waals surface area contributed by atoms with Crippen LogP contribution in [0.15, 0.2) is 24.3 Å². The van der Waals surface area contributed by atoms with Crippen LogP contribution in [0.1, 0.15) is 24.6 Å². The van der Waals surface area contributed by atoms with Gasteiger partial charge in [-0.25, -0.2) is 0 Å². The lowest BCUT2D eigenvalue weighted by Gasteiger charge is -2.27. The Hall–Kier alpha value is -1.10. The van der Waals surface area contributed by atoms with Crippen LogP contribution < -0.4 is 5.32 Å². The summed E-state index contributed by atoms with van der Waals surface area (Å²) in [5, 5.41) is 3.97. The van der Waals surface area contributed by atoms with Gasteiger partial charge in [-0.15, -0.1) is 0 Å². The van der Waals surface area contributed by atoms with Crippen molar-refractivity contribution in [2.75, 3.05) is 26.7 Å². The number of hydrogen-bond acceptors (Lipinski definition) is 3. The highest BCUT2D eigenvalue weighted by atomic mass is 35.5. The van der Waals surface area contributed by atoms with Gasteiger partial charge in [-0.1, -0.05) is 23.7 Å². The standard InChI is InChI=1S/C15H20ClN3O/c1-18(13-5-6-13)7-8-19-14(20)10-17-15(19)11-3-2-4-12(16)9-11/h2-4,9,13,15,17H,5-8,10H2,1H3. The molecule has 3 rings (SSSR count). The molecule has 1 saturated carbocycles. The summed E-state index contributed by atoms with van der Waals surface area (Å²) >= 11 is 6.05. The van der Waals surface area contributed by atoms with E-state index in [0.29, 0.717) is 11.6 Å². The Kier molecular flexibility index (Phi) is 3.96. The van der Waals surface area contributed by atoms with E-state index < -0.39 is 0 Å². The highest BCUT2D eigenvalue weighted by Gasteiger charge is 2.33. The first kappa shape index (κ1) is 13.9. The van der Waals surface area contributed by atoms with Crippen LogP contribution in [-0.4, -0.2) is 48.4 Å². The van der Waals surface area contributed by atoms with E-state index in [2.05, 4.69) is 17.3 Å². The first-order valence-electron chi connectivity index (χ1n) is 7.14. The zero-order valence-electron chi connectivity index (χ0n) is 11.7. The number of hydrogen-bond donors (Lipinski definition) is 1. The predicted molar refractivity (Wildman–Crippen MR) is 79.6 cm³/mol. The second-order valence-electron chi connectivity index (χ2n) is 5.64. The molecular formula is C15H20ClN3O. The van der Waals surface area contributed by atoms with Crippen molar-refractivity contribution in [1.82, 2.24) is 15.1 Å². The second-order valence-corrected chi connectivity index (χ2v) is 6.07. The molecule has 1 aromatic carbocycles. The molecule has 1 amide bonds. The van der Waals surface area contributed by atoms with E-state index >= 15 is 0 Å². The summed E-state index contributed by atoms with van der Waals surface area (Å²) < 4.78 is 0. The van der Waals surface area contributed by atoms with Gasteiger partial charge in [0.2, 0.25) is 5.91 Å². The molecule has 1 unspecified atom stereocenters. The summed E-state index contributed by atoms with van der Waals surface area (Å²) in [6.45, 7) is 2.09. The second kappa shape index (κ2) is 5.72. The summed E-state index contributed by atoms with van der Waals surface area (Å²) in [6.07, 6.45) is 2.54. The monoisotopic (exact) mass is 293 g/mol. The van der Waals surface area contributed by atoms with E-state index in [0.717, 1.165) is 24.7 Å². The lowest BCUT2D eigenvalue weighted by atomic mass is 10.1. The zero-order chi connectivity index (χ0) is 14.1. The van der Waals surface area contributed by atoms with Gasteiger partial charge in [0, 0.05) is 24.2 Å². The fourth-order valence-electron chi connectivity index (χ4n) is 2.73. The SMILES string of the molecule is CN(CCN1C(=O)CNC1c1cccc(Cl)c1)C1CC1. The fourth-order valence-corrected chi connectivity index (χ4v) is 2.93. The number of carbonyl (C=O) groups is 1. The molecule has 108 valence electrons. The van der Waals surface area contributed by atoms with Crippen LogP contribution in [0.4, 0.5) is 0 Å². The zero-order valence-corrected chi connectivity index (χ0v) is 12.4. The van der Waals surface area contributed by atoms with E-state index in [-0.39, 0.29) is 12.1 Å². The van der Waals surface area contributed by atoms with Crippen molar-refractivity contribution in [3.63, 3.8) is 0 Å². The molecular weight excluding hydrogens is 274 g/mol. The third kappa shape index (κ3) is 2.97. The molecule has 2 fully saturated rings. The lowest BCUT2D eigenvalue weighted by Crippen LogP contribution is -2.37. The van der Waals surface area contributed by atoms with Crippen molar-refractivity contribution >= 4 is 17.5 Å². The van der Waals surface area contributed by atoms with Crippen molar-refractivity contribution in [3.05, 3.63) is 34.9 Å². The van der Waals surface area contributed by atoms with Gasteiger partial charge >= 0.3 is 0 Å². The van der Waals surface area contributed by atoms with Crippen molar-refractivity contribution in [1.29, 1.82) is 0 Å². The third-order valence-corrected chi connectivity index (χ3v) is 4.34. The Bertz CT molecular complexity index is 504. The van der Waals surface area contributed by atoms with E-state index in [1.54, 1.807) is 0 Å². The van der Waals surface area contributed by atoms with Crippen molar-refractivity contribution in [3.8, 4) is 0 Å². The summed E-state index contributed by atoms with van der Waals surface area (Å²) in [7, 11) is 2.14. The minimum Gasteiger partial charge on any atom is -0.321 e. The number of carbonyl (C=O) groups excluding carboxylic acids is 1. The van der Waals surface area contributed by atoms with Gasteiger partial charge < -0.3 is 9.80 Å². The van der Waals surface area contributed by atoms with E-state index in [1.807, 2.05) is 29.2 Å². The van der Waals surface area contributed by atoms with Crippen LogP contribution in [0.5, 0.6) is 0 Å². The first-order chi connectivity index (χ1) is 9.65. The van der Waals surface area contributed by atoms with Gasteiger partial charge in [0.05, 0.1) is 6.54 Å². The van der Waals surface area contributed by atoms with Crippen molar-refractivity contribution in [2.45, 2.75) is 25.0 Å². The van der Waals surface area contributed by atoms with Crippen LogP contribution in [0, 0.1) is 0 Å². The Morgan fingerprint density at radius 1 is 1.45 bits per heavy atom. The van der Waals surface area contributed by atoms with Gasteiger partial charge in [-0.05, 0) is 37.6 Å².